The van der Waals surface area contributed by atoms with Crippen molar-refractivity contribution in [3.8, 4) is 17.2 Å². The van der Waals surface area contributed by atoms with Crippen LogP contribution in [-0.2, 0) is 12.8 Å². The van der Waals surface area contributed by atoms with E-state index in [1.807, 2.05) is 24.3 Å². The van der Waals surface area contributed by atoms with Crippen molar-refractivity contribution in [2.75, 3.05) is 27.9 Å². The summed E-state index contributed by atoms with van der Waals surface area (Å²) in [6, 6.07) is 14.9. The van der Waals surface area contributed by atoms with Crippen LogP contribution in [0.5, 0.6) is 17.2 Å². The van der Waals surface area contributed by atoms with Gasteiger partial charge in [-0.25, -0.2) is 0 Å². The van der Waals surface area contributed by atoms with E-state index in [9.17, 15) is 0 Å². The monoisotopic (exact) mass is 343 g/mol. The highest BCUT2D eigenvalue weighted by atomic mass is 16.5. The maximum absolute atomic E-state index is 5.35. The summed E-state index contributed by atoms with van der Waals surface area (Å²) >= 11 is 0. The Balaban J connectivity index is 1.73. The molecular formula is C21H29NO3. The van der Waals surface area contributed by atoms with E-state index in [0.717, 1.165) is 43.1 Å². The Morgan fingerprint density at radius 3 is 2.12 bits per heavy atom. The van der Waals surface area contributed by atoms with Gasteiger partial charge in [-0.1, -0.05) is 18.2 Å². The van der Waals surface area contributed by atoms with Crippen LogP contribution in [0.25, 0.3) is 0 Å². The number of ether oxygens (including phenoxy) is 3. The average molecular weight is 343 g/mol. The molecule has 0 aliphatic heterocycles. The predicted molar refractivity (Wildman–Crippen MR) is 102 cm³/mol. The highest BCUT2D eigenvalue weighted by molar-refractivity contribution is 5.42. The van der Waals surface area contributed by atoms with Crippen molar-refractivity contribution in [2.24, 2.45) is 0 Å². The quantitative estimate of drug-likeness (QED) is 0.711. The first-order chi connectivity index (χ1) is 12.2. The van der Waals surface area contributed by atoms with Gasteiger partial charge < -0.3 is 19.5 Å². The molecule has 0 spiro atoms. The van der Waals surface area contributed by atoms with Gasteiger partial charge in [-0.15, -0.1) is 0 Å². The third-order valence-corrected chi connectivity index (χ3v) is 4.38. The fourth-order valence-electron chi connectivity index (χ4n) is 2.78. The maximum Gasteiger partial charge on any atom is 0.160 e. The van der Waals surface area contributed by atoms with Gasteiger partial charge in [0.2, 0.25) is 0 Å². The van der Waals surface area contributed by atoms with Crippen LogP contribution in [0.4, 0.5) is 0 Å². The molecule has 1 unspecified atom stereocenters. The first kappa shape index (κ1) is 19.1. The van der Waals surface area contributed by atoms with Crippen LogP contribution in [0.1, 0.15) is 24.5 Å². The summed E-state index contributed by atoms with van der Waals surface area (Å²) in [5, 5.41) is 3.59. The smallest absolute Gasteiger partial charge is 0.160 e. The number of hydrogen-bond donors (Lipinski definition) is 1. The van der Waals surface area contributed by atoms with Crippen molar-refractivity contribution in [3.63, 3.8) is 0 Å². The molecule has 2 aromatic rings. The van der Waals surface area contributed by atoms with Crippen LogP contribution in [0.2, 0.25) is 0 Å². The summed E-state index contributed by atoms with van der Waals surface area (Å²) in [4.78, 5) is 0. The Kier molecular flexibility index (Phi) is 7.61. The second kappa shape index (κ2) is 9.94. The molecule has 25 heavy (non-hydrogen) atoms. The van der Waals surface area contributed by atoms with Gasteiger partial charge in [0.05, 0.1) is 21.3 Å². The van der Waals surface area contributed by atoms with E-state index in [-0.39, 0.29) is 0 Å². The zero-order valence-corrected chi connectivity index (χ0v) is 15.7. The number of methoxy groups -OCH3 is 3. The van der Waals surface area contributed by atoms with E-state index < -0.39 is 0 Å². The third-order valence-electron chi connectivity index (χ3n) is 4.38. The van der Waals surface area contributed by atoms with Crippen LogP contribution >= 0.6 is 0 Å². The van der Waals surface area contributed by atoms with Gasteiger partial charge in [0.1, 0.15) is 5.75 Å². The Morgan fingerprint density at radius 1 is 0.800 bits per heavy atom. The van der Waals surface area contributed by atoms with Crippen LogP contribution in [0.3, 0.4) is 0 Å². The molecule has 0 amide bonds. The van der Waals surface area contributed by atoms with E-state index in [2.05, 4.69) is 30.4 Å². The molecular weight excluding hydrogens is 314 g/mol. The summed E-state index contributed by atoms with van der Waals surface area (Å²) in [6.07, 6.45) is 3.14. The number of nitrogens with one attached hydrogen (secondary N) is 1. The van der Waals surface area contributed by atoms with Gasteiger partial charge in [0.25, 0.3) is 0 Å². The number of hydrogen-bond acceptors (Lipinski definition) is 4. The lowest BCUT2D eigenvalue weighted by Crippen LogP contribution is -2.28. The van der Waals surface area contributed by atoms with Crippen molar-refractivity contribution in [1.82, 2.24) is 5.32 Å². The van der Waals surface area contributed by atoms with Gasteiger partial charge >= 0.3 is 0 Å². The minimum atomic E-state index is 0.474. The fraction of sp³-hybridized carbons (Fsp3) is 0.429. The molecule has 1 N–H and O–H groups in total. The topological polar surface area (TPSA) is 39.7 Å². The molecule has 0 aliphatic carbocycles. The SMILES string of the molecule is COc1ccc(CCC(C)NCCc2ccc(OC)c(OC)c2)cc1. The Bertz CT molecular complexity index is 640. The molecule has 2 aromatic carbocycles. The van der Waals surface area contributed by atoms with Crippen molar-refractivity contribution in [3.05, 3.63) is 53.6 Å². The molecule has 0 aromatic heterocycles. The molecule has 0 fully saturated rings. The normalized spacial score (nSPS) is 11.8. The highest BCUT2D eigenvalue weighted by Crippen LogP contribution is 2.27. The fourth-order valence-corrected chi connectivity index (χ4v) is 2.78. The largest absolute Gasteiger partial charge is 0.497 e. The first-order valence-corrected chi connectivity index (χ1v) is 8.73. The number of benzene rings is 2. The zero-order valence-electron chi connectivity index (χ0n) is 15.7. The number of aryl methyl sites for hydroxylation is 1. The predicted octanol–water partition coefficient (Wildman–Crippen LogP) is 3.87. The molecule has 0 bridgehead atoms. The molecule has 1 atom stereocenters. The minimum Gasteiger partial charge on any atom is -0.497 e. The standard InChI is InChI=1S/C21H29NO3/c1-16(5-6-17-7-10-19(23-2)11-8-17)22-14-13-18-9-12-20(24-3)21(15-18)25-4/h7-12,15-16,22H,5-6,13-14H2,1-4H3. The molecule has 4 nitrogen and oxygen atoms in total. The second-order valence-corrected chi connectivity index (χ2v) is 6.18. The lowest BCUT2D eigenvalue weighted by atomic mass is 10.1. The Labute approximate surface area is 151 Å². The summed E-state index contributed by atoms with van der Waals surface area (Å²) in [5.74, 6) is 2.46. The lowest BCUT2D eigenvalue weighted by molar-refractivity contribution is 0.354. The summed E-state index contributed by atoms with van der Waals surface area (Å²) in [5.41, 5.74) is 2.59. The minimum absolute atomic E-state index is 0.474. The molecule has 0 heterocycles. The van der Waals surface area contributed by atoms with E-state index in [1.54, 1.807) is 21.3 Å². The van der Waals surface area contributed by atoms with Crippen molar-refractivity contribution >= 4 is 0 Å². The molecule has 0 saturated carbocycles. The van der Waals surface area contributed by atoms with Gasteiger partial charge in [-0.3, -0.25) is 0 Å². The average Bonchev–Trinajstić information content (AvgIpc) is 2.66. The highest BCUT2D eigenvalue weighted by Gasteiger charge is 2.06. The third kappa shape index (κ3) is 5.98. The summed E-state index contributed by atoms with van der Waals surface area (Å²) in [7, 11) is 5.02. The van der Waals surface area contributed by atoms with E-state index in [0.29, 0.717) is 6.04 Å². The van der Waals surface area contributed by atoms with Crippen LogP contribution in [0.15, 0.2) is 42.5 Å². The van der Waals surface area contributed by atoms with Crippen LogP contribution in [-0.4, -0.2) is 33.9 Å². The zero-order chi connectivity index (χ0) is 18.1. The van der Waals surface area contributed by atoms with Crippen molar-refractivity contribution in [2.45, 2.75) is 32.2 Å². The molecule has 0 aliphatic rings. The van der Waals surface area contributed by atoms with Crippen LogP contribution < -0.4 is 19.5 Å². The Hall–Kier alpha value is -2.20. The van der Waals surface area contributed by atoms with Crippen LogP contribution in [0, 0.1) is 0 Å². The van der Waals surface area contributed by atoms with Gasteiger partial charge in [-0.2, -0.15) is 0 Å². The van der Waals surface area contributed by atoms with Gasteiger partial charge in [-0.05, 0) is 68.1 Å². The Morgan fingerprint density at radius 2 is 1.48 bits per heavy atom. The molecule has 136 valence electrons. The lowest BCUT2D eigenvalue weighted by Gasteiger charge is -2.15. The van der Waals surface area contributed by atoms with Crippen molar-refractivity contribution in [1.29, 1.82) is 0 Å². The van der Waals surface area contributed by atoms with Gasteiger partial charge in [0, 0.05) is 6.04 Å². The molecule has 4 heteroatoms. The van der Waals surface area contributed by atoms with E-state index in [1.165, 1.54) is 11.1 Å². The maximum atomic E-state index is 5.35. The molecule has 0 radical (unpaired) electrons. The molecule has 0 saturated heterocycles. The molecule has 2 rings (SSSR count). The number of rotatable bonds is 10. The van der Waals surface area contributed by atoms with Gasteiger partial charge in [0.15, 0.2) is 11.5 Å². The summed E-state index contributed by atoms with van der Waals surface area (Å²) < 4.78 is 15.8. The van der Waals surface area contributed by atoms with Crippen molar-refractivity contribution < 1.29 is 14.2 Å². The second-order valence-electron chi connectivity index (χ2n) is 6.18. The van der Waals surface area contributed by atoms with E-state index >= 15 is 0 Å². The first-order valence-electron chi connectivity index (χ1n) is 8.73. The summed E-state index contributed by atoms with van der Waals surface area (Å²) in [6.45, 7) is 3.18. The van der Waals surface area contributed by atoms with E-state index in [4.69, 9.17) is 14.2 Å².